The second kappa shape index (κ2) is 13.3. The van der Waals surface area contributed by atoms with Crippen LogP contribution in [0.3, 0.4) is 0 Å². The topological polar surface area (TPSA) is 0 Å². The van der Waals surface area contributed by atoms with E-state index in [1.807, 2.05) is 13.1 Å². The SMILES string of the molecule is C1=CCC(c2cccc3c2[cH-]c2ccccc23)=C1.C1=CCC(c2cccc3c2[cH-]c2ccccc23)=C1.C[Si](C)(Cl)Cl.[Hf]. The molecule has 0 fully saturated rings. The van der Waals surface area contributed by atoms with Gasteiger partial charge >= 0.3 is 0 Å². The Bertz CT molecular complexity index is 1850. The second-order valence-electron chi connectivity index (χ2n) is 11.0. The van der Waals surface area contributed by atoms with Crippen molar-refractivity contribution >= 4 is 83.1 Å². The van der Waals surface area contributed by atoms with E-state index in [9.17, 15) is 0 Å². The molecule has 0 bridgehead atoms. The van der Waals surface area contributed by atoms with E-state index in [2.05, 4.69) is 134 Å². The number of hydrogen-bond donors (Lipinski definition) is 0. The molecule has 0 aromatic heterocycles. The molecule has 0 nitrogen and oxygen atoms in total. The second-order valence-corrected chi connectivity index (χ2v) is 19.9. The zero-order chi connectivity index (χ0) is 28.4. The molecule has 6 aromatic rings. The minimum absolute atomic E-state index is 0. The summed E-state index contributed by atoms with van der Waals surface area (Å²) >= 11 is 10.9. The number of hydrogen-bond acceptors (Lipinski definition) is 0. The van der Waals surface area contributed by atoms with Crippen molar-refractivity contribution in [3.63, 3.8) is 0 Å². The smallest absolute Gasteiger partial charge is 0.146 e. The van der Waals surface area contributed by atoms with E-state index in [0.29, 0.717) is 0 Å². The Morgan fingerprint density at radius 2 is 0.929 bits per heavy atom. The first kappa shape index (κ1) is 30.7. The van der Waals surface area contributed by atoms with Crippen molar-refractivity contribution in [3.05, 3.63) is 145 Å². The summed E-state index contributed by atoms with van der Waals surface area (Å²) in [5.41, 5.74) is 5.62. The van der Waals surface area contributed by atoms with Crippen LogP contribution in [0.25, 0.3) is 54.2 Å². The monoisotopic (exact) mass is 766 g/mol. The molecule has 8 rings (SSSR count). The fourth-order valence-electron chi connectivity index (χ4n) is 5.81. The third-order valence-electron chi connectivity index (χ3n) is 7.55. The van der Waals surface area contributed by atoms with Gasteiger partial charge in [-0.2, -0.15) is 0 Å². The van der Waals surface area contributed by atoms with Crippen LogP contribution < -0.4 is 0 Å². The molecule has 0 atom stereocenters. The standard InChI is InChI=1S/2C18H13.C2H6Cl2Si.Hf/c2*1-2-7-13(6-1)15-10-5-11-17-16-9-4-3-8-14(16)12-18(15)17;1-5(2,3)4;/h2*1-6,8-12H,7H2;1-2H3;/q2*-1;;. The number of rotatable bonds is 2. The molecular formula is C38H32Cl2HfSi-2. The van der Waals surface area contributed by atoms with Gasteiger partial charge in [0.05, 0.1) is 0 Å². The van der Waals surface area contributed by atoms with Crippen LogP contribution in [-0.2, 0) is 25.8 Å². The number of halogens is 2. The first-order chi connectivity index (χ1) is 19.9. The fourth-order valence-corrected chi connectivity index (χ4v) is 5.81. The van der Waals surface area contributed by atoms with Crippen LogP contribution in [0.5, 0.6) is 0 Å². The minimum atomic E-state index is -1.67. The van der Waals surface area contributed by atoms with Gasteiger partial charge in [-0.3, -0.25) is 0 Å². The molecule has 6 aromatic carbocycles. The van der Waals surface area contributed by atoms with Crippen molar-refractivity contribution in [1.82, 2.24) is 0 Å². The van der Waals surface area contributed by atoms with Crippen LogP contribution in [0.1, 0.15) is 24.0 Å². The van der Waals surface area contributed by atoms with E-state index in [1.54, 1.807) is 0 Å². The van der Waals surface area contributed by atoms with Gasteiger partial charge in [0, 0.05) is 25.8 Å². The Morgan fingerprint density at radius 1 is 0.548 bits per heavy atom. The average molecular weight is 766 g/mol. The number of allylic oxidation sites excluding steroid dienone is 8. The molecule has 0 saturated carbocycles. The Kier molecular flexibility index (Phi) is 9.69. The van der Waals surface area contributed by atoms with E-state index >= 15 is 0 Å². The number of fused-ring (bicyclic) bond motifs is 6. The van der Waals surface area contributed by atoms with Gasteiger partial charge in [0.25, 0.3) is 0 Å². The average Bonchev–Trinajstić information content (AvgIpc) is 3.77. The Hall–Kier alpha value is -2.75. The molecule has 0 N–H and O–H groups in total. The van der Waals surface area contributed by atoms with Crippen LogP contribution in [0.2, 0.25) is 13.1 Å². The summed E-state index contributed by atoms with van der Waals surface area (Å²) in [6, 6.07) is 35.2. The molecule has 0 aliphatic heterocycles. The van der Waals surface area contributed by atoms with E-state index in [0.717, 1.165) is 12.8 Å². The maximum Gasteiger partial charge on any atom is 0.245 e. The van der Waals surface area contributed by atoms with Crippen molar-refractivity contribution in [2.75, 3.05) is 0 Å². The van der Waals surface area contributed by atoms with E-state index in [4.69, 9.17) is 22.2 Å². The maximum atomic E-state index is 5.43. The molecule has 208 valence electrons. The van der Waals surface area contributed by atoms with Gasteiger partial charge < -0.3 is 0 Å². The van der Waals surface area contributed by atoms with E-state index in [1.165, 1.54) is 65.4 Å². The van der Waals surface area contributed by atoms with Gasteiger partial charge in [0.15, 0.2) is 0 Å². The van der Waals surface area contributed by atoms with Gasteiger partial charge in [-0.25, -0.2) is 0 Å². The molecule has 2 aliphatic carbocycles. The van der Waals surface area contributed by atoms with Gasteiger partial charge in [-0.05, 0) is 25.9 Å². The molecule has 4 heteroatoms. The molecule has 0 amide bonds. The van der Waals surface area contributed by atoms with E-state index < -0.39 is 6.69 Å². The molecule has 0 spiro atoms. The third-order valence-corrected chi connectivity index (χ3v) is 7.55. The summed E-state index contributed by atoms with van der Waals surface area (Å²) in [4.78, 5) is 0. The van der Waals surface area contributed by atoms with Crippen LogP contribution in [0.4, 0.5) is 0 Å². The van der Waals surface area contributed by atoms with Gasteiger partial charge in [0.2, 0.25) is 6.69 Å². The van der Waals surface area contributed by atoms with Crippen molar-refractivity contribution in [2.45, 2.75) is 25.9 Å². The van der Waals surface area contributed by atoms with Crippen molar-refractivity contribution in [3.8, 4) is 0 Å². The summed E-state index contributed by atoms with van der Waals surface area (Å²) < 4.78 is 0. The first-order valence-electron chi connectivity index (χ1n) is 14.1. The molecule has 0 radical (unpaired) electrons. The quantitative estimate of drug-likeness (QED) is 0.0936. The van der Waals surface area contributed by atoms with Crippen LogP contribution in [0.15, 0.2) is 134 Å². The Labute approximate surface area is 277 Å². The van der Waals surface area contributed by atoms with Crippen LogP contribution in [-0.4, -0.2) is 6.69 Å². The fraction of sp³-hybridized carbons (Fsp3) is 0.105. The van der Waals surface area contributed by atoms with E-state index in [-0.39, 0.29) is 25.8 Å². The largest absolute Gasteiger partial charge is 0.245 e. The van der Waals surface area contributed by atoms with Gasteiger partial charge in [-0.1, -0.05) is 132 Å². The summed E-state index contributed by atoms with van der Waals surface area (Å²) in [6.07, 6.45) is 15.3. The van der Waals surface area contributed by atoms with Crippen molar-refractivity contribution in [2.24, 2.45) is 0 Å². The normalized spacial score (nSPS) is 13.9. The van der Waals surface area contributed by atoms with Crippen molar-refractivity contribution in [1.29, 1.82) is 0 Å². The summed E-state index contributed by atoms with van der Waals surface area (Å²) in [6.45, 7) is 2.05. The number of benzene rings is 4. The Morgan fingerprint density at radius 3 is 1.31 bits per heavy atom. The summed E-state index contributed by atoms with van der Waals surface area (Å²) in [5.74, 6) is 0. The van der Waals surface area contributed by atoms with Crippen LogP contribution >= 0.6 is 22.2 Å². The third kappa shape index (κ3) is 6.73. The molecule has 0 unspecified atom stereocenters. The Balaban J connectivity index is 0.000000142. The molecular weight excluding hydrogens is 734 g/mol. The molecule has 0 saturated heterocycles. The first-order valence-corrected chi connectivity index (χ1v) is 19.1. The predicted octanol–water partition coefficient (Wildman–Crippen LogP) is 12.3. The summed E-state index contributed by atoms with van der Waals surface area (Å²) in [7, 11) is 0. The molecule has 42 heavy (non-hydrogen) atoms. The van der Waals surface area contributed by atoms with Crippen LogP contribution in [0, 0.1) is 0 Å². The summed E-state index contributed by atoms with van der Waals surface area (Å²) in [5, 5.41) is 10.9. The van der Waals surface area contributed by atoms with Gasteiger partial charge in [-0.15, -0.1) is 89.5 Å². The maximum absolute atomic E-state index is 5.43. The van der Waals surface area contributed by atoms with Gasteiger partial charge in [0.1, 0.15) is 0 Å². The van der Waals surface area contributed by atoms with Crippen molar-refractivity contribution < 1.29 is 25.8 Å². The molecule has 0 heterocycles. The predicted molar refractivity (Wildman–Crippen MR) is 187 cm³/mol. The zero-order valence-corrected chi connectivity index (χ0v) is 30.0. The zero-order valence-electron chi connectivity index (χ0n) is 23.9. The minimum Gasteiger partial charge on any atom is -0.146 e. The molecule has 2 aliphatic rings.